The molecule has 1 aromatic heterocycles. The van der Waals surface area contributed by atoms with Crippen LogP contribution in [0.4, 0.5) is 29.2 Å². The van der Waals surface area contributed by atoms with Crippen LogP contribution < -0.4 is 20.3 Å². The van der Waals surface area contributed by atoms with E-state index in [1.54, 1.807) is 25.3 Å². The Morgan fingerprint density at radius 3 is 2.07 bits per heavy atom. The van der Waals surface area contributed by atoms with E-state index >= 15 is 0 Å². The third-order valence-corrected chi connectivity index (χ3v) is 4.82. The second-order valence-electron chi connectivity index (χ2n) is 6.52. The summed E-state index contributed by atoms with van der Waals surface area (Å²) < 4.78 is 10.6. The molecular formula is C20H20Cl2N6O2. The van der Waals surface area contributed by atoms with Crippen LogP contribution in [0.3, 0.4) is 0 Å². The second kappa shape index (κ2) is 9.34. The molecule has 2 heterocycles. The molecule has 1 fully saturated rings. The van der Waals surface area contributed by atoms with E-state index in [0.29, 0.717) is 59.9 Å². The van der Waals surface area contributed by atoms with E-state index in [-0.39, 0.29) is 0 Å². The Morgan fingerprint density at radius 1 is 0.867 bits per heavy atom. The second-order valence-corrected chi connectivity index (χ2v) is 7.39. The predicted octanol–water partition coefficient (Wildman–Crippen LogP) is 4.51. The number of nitrogens with one attached hydrogen (secondary N) is 2. The number of benzene rings is 2. The fourth-order valence-electron chi connectivity index (χ4n) is 2.94. The lowest BCUT2D eigenvalue weighted by Crippen LogP contribution is -2.37. The van der Waals surface area contributed by atoms with Gasteiger partial charge in [0.15, 0.2) is 0 Å². The van der Waals surface area contributed by atoms with Gasteiger partial charge in [-0.25, -0.2) is 0 Å². The molecule has 30 heavy (non-hydrogen) atoms. The Balaban J connectivity index is 1.64. The number of methoxy groups -OCH3 is 1. The van der Waals surface area contributed by atoms with Crippen molar-refractivity contribution in [2.45, 2.75) is 0 Å². The summed E-state index contributed by atoms with van der Waals surface area (Å²) in [5.41, 5.74) is 1.51. The molecule has 1 aliphatic rings. The maximum absolute atomic E-state index is 6.11. The molecule has 8 nitrogen and oxygen atoms in total. The minimum atomic E-state index is 0.376. The van der Waals surface area contributed by atoms with Crippen LogP contribution in [0.2, 0.25) is 10.0 Å². The van der Waals surface area contributed by atoms with Crippen LogP contribution in [-0.2, 0) is 4.74 Å². The van der Waals surface area contributed by atoms with Gasteiger partial charge in [0.2, 0.25) is 17.8 Å². The van der Waals surface area contributed by atoms with Gasteiger partial charge in [-0.3, -0.25) is 0 Å². The summed E-state index contributed by atoms with van der Waals surface area (Å²) >= 11 is 12.2. The van der Waals surface area contributed by atoms with E-state index < -0.39 is 0 Å². The smallest absolute Gasteiger partial charge is 0.233 e. The van der Waals surface area contributed by atoms with Gasteiger partial charge in [0.25, 0.3) is 0 Å². The number of hydrogen-bond acceptors (Lipinski definition) is 8. The standard InChI is InChI=1S/C20H20Cl2N6O2/c1-29-17-4-2-15(3-5-17)23-18-25-19(24-16-11-13(21)10-14(22)12-16)27-20(26-18)28-6-8-30-9-7-28/h2-5,10-12H,6-9H2,1H3,(H2,23,24,25,26,27). The number of ether oxygens (including phenoxy) is 2. The Morgan fingerprint density at radius 2 is 1.47 bits per heavy atom. The van der Waals surface area contributed by atoms with Crippen molar-refractivity contribution in [3.63, 3.8) is 0 Å². The number of nitrogens with zero attached hydrogens (tertiary/aromatic N) is 4. The molecular weight excluding hydrogens is 427 g/mol. The van der Waals surface area contributed by atoms with Crippen molar-refractivity contribution in [2.75, 3.05) is 48.9 Å². The average molecular weight is 447 g/mol. The van der Waals surface area contributed by atoms with E-state index in [0.717, 1.165) is 11.4 Å². The van der Waals surface area contributed by atoms with Gasteiger partial charge in [-0.15, -0.1) is 0 Å². The molecule has 4 rings (SSSR count). The first-order valence-corrected chi connectivity index (χ1v) is 10.1. The van der Waals surface area contributed by atoms with Gasteiger partial charge in [-0.05, 0) is 42.5 Å². The van der Waals surface area contributed by atoms with Gasteiger partial charge in [0.05, 0.1) is 20.3 Å². The molecule has 2 aromatic carbocycles. The zero-order chi connectivity index (χ0) is 20.9. The first-order chi connectivity index (χ1) is 14.6. The molecule has 0 spiro atoms. The van der Waals surface area contributed by atoms with Crippen LogP contribution in [0, 0.1) is 0 Å². The first kappa shape index (κ1) is 20.5. The van der Waals surface area contributed by atoms with E-state index in [1.165, 1.54) is 0 Å². The van der Waals surface area contributed by atoms with Crippen molar-refractivity contribution < 1.29 is 9.47 Å². The minimum absolute atomic E-state index is 0.376. The minimum Gasteiger partial charge on any atom is -0.497 e. The van der Waals surface area contributed by atoms with Gasteiger partial charge < -0.3 is 25.0 Å². The van der Waals surface area contributed by atoms with Gasteiger partial charge in [0.1, 0.15) is 5.75 Å². The maximum atomic E-state index is 6.11. The highest BCUT2D eigenvalue weighted by Crippen LogP contribution is 2.26. The number of anilines is 5. The Hall–Kier alpha value is -2.81. The molecule has 0 amide bonds. The lowest BCUT2D eigenvalue weighted by Gasteiger charge is -2.27. The van der Waals surface area contributed by atoms with Gasteiger partial charge in [-0.1, -0.05) is 23.2 Å². The molecule has 156 valence electrons. The highest BCUT2D eigenvalue weighted by Gasteiger charge is 2.17. The van der Waals surface area contributed by atoms with Crippen LogP contribution in [0.25, 0.3) is 0 Å². The lowest BCUT2D eigenvalue weighted by molar-refractivity contribution is 0.122. The molecule has 0 saturated carbocycles. The number of rotatable bonds is 6. The molecule has 0 unspecified atom stereocenters. The Bertz CT molecular complexity index is 992. The summed E-state index contributed by atoms with van der Waals surface area (Å²) in [7, 11) is 1.63. The SMILES string of the molecule is COc1ccc(Nc2nc(Nc3cc(Cl)cc(Cl)c3)nc(N3CCOCC3)n2)cc1. The van der Waals surface area contributed by atoms with E-state index in [1.807, 2.05) is 24.3 Å². The molecule has 0 bridgehead atoms. The van der Waals surface area contributed by atoms with Crippen LogP contribution in [0.15, 0.2) is 42.5 Å². The topological polar surface area (TPSA) is 84.4 Å². The predicted molar refractivity (Wildman–Crippen MR) is 119 cm³/mol. The highest BCUT2D eigenvalue weighted by molar-refractivity contribution is 6.35. The molecule has 10 heteroatoms. The molecule has 2 N–H and O–H groups in total. The van der Waals surface area contributed by atoms with E-state index in [9.17, 15) is 0 Å². The molecule has 1 aliphatic heterocycles. The third kappa shape index (κ3) is 5.21. The first-order valence-electron chi connectivity index (χ1n) is 9.32. The largest absolute Gasteiger partial charge is 0.497 e. The maximum Gasteiger partial charge on any atom is 0.233 e. The van der Waals surface area contributed by atoms with Crippen LogP contribution in [-0.4, -0.2) is 48.4 Å². The van der Waals surface area contributed by atoms with Crippen molar-refractivity contribution in [3.8, 4) is 5.75 Å². The number of halogens is 2. The molecule has 3 aromatic rings. The van der Waals surface area contributed by atoms with Gasteiger partial charge >= 0.3 is 0 Å². The van der Waals surface area contributed by atoms with Crippen LogP contribution in [0.5, 0.6) is 5.75 Å². The highest BCUT2D eigenvalue weighted by atomic mass is 35.5. The van der Waals surface area contributed by atoms with Crippen molar-refractivity contribution >= 4 is 52.4 Å². The third-order valence-electron chi connectivity index (χ3n) is 4.38. The molecule has 1 saturated heterocycles. The lowest BCUT2D eigenvalue weighted by atomic mass is 10.3. The number of hydrogen-bond donors (Lipinski definition) is 2. The summed E-state index contributed by atoms with van der Waals surface area (Å²) in [5, 5.41) is 7.41. The van der Waals surface area contributed by atoms with Crippen molar-refractivity contribution in [3.05, 3.63) is 52.5 Å². The van der Waals surface area contributed by atoms with Gasteiger partial charge in [-0.2, -0.15) is 15.0 Å². The Kier molecular flexibility index (Phi) is 6.37. The fraction of sp³-hybridized carbons (Fsp3) is 0.250. The fourth-order valence-corrected chi connectivity index (χ4v) is 3.47. The summed E-state index contributed by atoms with van der Waals surface area (Å²) in [4.78, 5) is 15.7. The van der Waals surface area contributed by atoms with Crippen LogP contribution in [0.1, 0.15) is 0 Å². The molecule has 0 atom stereocenters. The summed E-state index contributed by atoms with van der Waals surface area (Å²) in [6.07, 6.45) is 0. The van der Waals surface area contributed by atoms with Gasteiger partial charge in [0, 0.05) is 34.5 Å². The number of morpholine rings is 1. The normalized spacial score (nSPS) is 13.8. The van der Waals surface area contributed by atoms with Crippen LogP contribution >= 0.6 is 23.2 Å². The molecule has 0 radical (unpaired) electrons. The summed E-state index contributed by atoms with van der Waals surface area (Å²) in [5.74, 6) is 2.11. The summed E-state index contributed by atoms with van der Waals surface area (Å²) in [6.45, 7) is 2.65. The molecule has 0 aliphatic carbocycles. The Labute approximate surface area is 184 Å². The quantitative estimate of drug-likeness (QED) is 0.571. The van der Waals surface area contributed by atoms with E-state index in [2.05, 4.69) is 30.5 Å². The average Bonchev–Trinajstić information content (AvgIpc) is 2.74. The zero-order valence-corrected chi connectivity index (χ0v) is 17.7. The van der Waals surface area contributed by atoms with Crippen molar-refractivity contribution in [2.24, 2.45) is 0 Å². The monoisotopic (exact) mass is 446 g/mol. The van der Waals surface area contributed by atoms with E-state index in [4.69, 9.17) is 32.7 Å². The van der Waals surface area contributed by atoms with Crippen molar-refractivity contribution in [1.82, 2.24) is 15.0 Å². The summed E-state index contributed by atoms with van der Waals surface area (Å²) in [6, 6.07) is 12.7. The zero-order valence-electron chi connectivity index (χ0n) is 16.2. The number of aromatic nitrogens is 3. The van der Waals surface area contributed by atoms with Crippen molar-refractivity contribution in [1.29, 1.82) is 0 Å².